The second-order valence-corrected chi connectivity index (χ2v) is 3.71. The van der Waals surface area contributed by atoms with E-state index in [2.05, 4.69) is 29.3 Å². The summed E-state index contributed by atoms with van der Waals surface area (Å²) >= 11 is 0. The number of hydrogen-bond acceptors (Lipinski definition) is 1. The number of rotatable bonds is 3. The van der Waals surface area contributed by atoms with E-state index in [1.807, 2.05) is 29.8 Å². The molecule has 2 nitrogen and oxygen atoms in total. The molecule has 0 spiro atoms. The van der Waals surface area contributed by atoms with E-state index >= 15 is 0 Å². The smallest absolute Gasteiger partial charge is 0.0672 e. The van der Waals surface area contributed by atoms with E-state index in [0.717, 1.165) is 18.7 Å². The van der Waals surface area contributed by atoms with Crippen molar-refractivity contribution in [2.75, 3.05) is 0 Å². The van der Waals surface area contributed by atoms with Crippen LogP contribution in [0.1, 0.15) is 12.1 Å². The standard InChI is InChI=1S/C14H14N2/c1-3-4-10-16-11-14(12(2)15-16)13-8-6-5-7-9-13/h1,5-9,11H,4,10H2,2H3. The van der Waals surface area contributed by atoms with E-state index in [0.29, 0.717) is 0 Å². The highest BCUT2D eigenvalue weighted by atomic mass is 15.3. The van der Waals surface area contributed by atoms with Crippen molar-refractivity contribution in [3.8, 4) is 23.5 Å². The summed E-state index contributed by atoms with van der Waals surface area (Å²) in [5.41, 5.74) is 3.42. The molecule has 2 aromatic rings. The van der Waals surface area contributed by atoms with Gasteiger partial charge in [-0.3, -0.25) is 4.68 Å². The van der Waals surface area contributed by atoms with E-state index in [4.69, 9.17) is 6.42 Å². The Bertz CT molecular complexity index is 503. The number of terminal acetylenes is 1. The molecule has 0 saturated carbocycles. The molecule has 0 unspecified atom stereocenters. The van der Waals surface area contributed by atoms with Crippen molar-refractivity contribution < 1.29 is 0 Å². The molecular weight excluding hydrogens is 196 g/mol. The first-order chi connectivity index (χ1) is 7.81. The Hall–Kier alpha value is -2.01. The quantitative estimate of drug-likeness (QED) is 0.712. The van der Waals surface area contributed by atoms with Gasteiger partial charge in [-0.25, -0.2) is 0 Å². The Labute approximate surface area is 95.9 Å². The predicted molar refractivity (Wildman–Crippen MR) is 65.9 cm³/mol. The first kappa shape index (κ1) is 10.5. The van der Waals surface area contributed by atoms with Gasteiger partial charge in [0.15, 0.2) is 0 Å². The van der Waals surface area contributed by atoms with Crippen molar-refractivity contribution >= 4 is 0 Å². The van der Waals surface area contributed by atoms with Crippen molar-refractivity contribution in [3.05, 3.63) is 42.2 Å². The van der Waals surface area contributed by atoms with Crippen LogP contribution in [0.3, 0.4) is 0 Å². The van der Waals surface area contributed by atoms with Gasteiger partial charge in [0.25, 0.3) is 0 Å². The van der Waals surface area contributed by atoms with Gasteiger partial charge in [0, 0.05) is 18.2 Å². The van der Waals surface area contributed by atoms with Crippen LogP contribution in [0.2, 0.25) is 0 Å². The summed E-state index contributed by atoms with van der Waals surface area (Å²) in [6, 6.07) is 10.3. The van der Waals surface area contributed by atoms with Crippen molar-refractivity contribution in [2.24, 2.45) is 0 Å². The highest BCUT2D eigenvalue weighted by molar-refractivity contribution is 5.64. The molecule has 0 amide bonds. The molecule has 2 rings (SSSR count). The average Bonchev–Trinajstić information content (AvgIpc) is 2.69. The molecule has 16 heavy (non-hydrogen) atoms. The molecular formula is C14H14N2. The molecule has 0 aliphatic carbocycles. The zero-order chi connectivity index (χ0) is 11.4. The molecule has 2 heteroatoms. The first-order valence-corrected chi connectivity index (χ1v) is 5.34. The fourth-order valence-electron chi connectivity index (χ4n) is 1.71. The largest absolute Gasteiger partial charge is 0.271 e. The Balaban J connectivity index is 2.29. The fourth-order valence-corrected chi connectivity index (χ4v) is 1.71. The van der Waals surface area contributed by atoms with Gasteiger partial charge >= 0.3 is 0 Å². The monoisotopic (exact) mass is 210 g/mol. The molecule has 80 valence electrons. The van der Waals surface area contributed by atoms with E-state index in [-0.39, 0.29) is 0 Å². The summed E-state index contributed by atoms with van der Waals surface area (Å²) in [4.78, 5) is 0. The lowest BCUT2D eigenvalue weighted by atomic mass is 10.1. The van der Waals surface area contributed by atoms with Crippen molar-refractivity contribution in [2.45, 2.75) is 19.9 Å². The maximum atomic E-state index is 5.24. The topological polar surface area (TPSA) is 17.8 Å². The highest BCUT2D eigenvalue weighted by Gasteiger charge is 2.05. The van der Waals surface area contributed by atoms with Crippen LogP contribution >= 0.6 is 0 Å². The van der Waals surface area contributed by atoms with E-state index in [9.17, 15) is 0 Å². The van der Waals surface area contributed by atoms with Gasteiger partial charge in [0.05, 0.1) is 12.2 Å². The van der Waals surface area contributed by atoms with Crippen LogP contribution in [0.15, 0.2) is 36.5 Å². The van der Waals surface area contributed by atoms with Gasteiger partial charge < -0.3 is 0 Å². The Kier molecular flexibility index (Phi) is 3.07. The zero-order valence-electron chi connectivity index (χ0n) is 9.35. The Morgan fingerprint density at radius 1 is 1.31 bits per heavy atom. The summed E-state index contributed by atoms with van der Waals surface area (Å²) < 4.78 is 1.91. The van der Waals surface area contributed by atoms with Gasteiger partial charge in [-0.05, 0) is 12.5 Å². The third-order valence-electron chi connectivity index (χ3n) is 2.52. The lowest BCUT2D eigenvalue weighted by molar-refractivity contribution is 0.625. The van der Waals surface area contributed by atoms with Crippen LogP contribution in [0, 0.1) is 19.3 Å². The molecule has 0 bridgehead atoms. The summed E-state index contributed by atoms with van der Waals surface area (Å²) in [5, 5.41) is 4.45. The fraction of sp³-hybridized carbons (Fsp3) is 0.214. The van der Waals surface area contributed by atoms with E-state index in [1.54, 1.807) is 0 Å². The number of aromatic nitrogens is 2. The minimum atomic E-state index is 0.718. The van der Waals surface area contributed by atoms with Crippen LogP contribution in [0.5, 0.6) is 0 Å². The maximum Gasteiger partial charge on any atom is 0.0672 e. The summed E-state index contributed by atoms with van der Waals surface area (Å²) in [5.74, 6) is 2.62. The van der Waals surface area contributed by atoms with Crippen molar-refractivity contribution in [1.82, 2.24) is 9.78 Å². The third kappa shape index (κ3) is 2.14. The van der Waals surface area contributed by atoms with Crippen LogP contribution in [-0.4, -0.2) is 9.78 Å². The molecule has 0 radical (unpaired) electrons. The number of aryl methyl sites for hydroxylation is 2. The second kappa shape index (κ2) is 4.67. The zero-order valence-corrected chi connectivity index (χ0v) is 9.35. The first-order valence-electron chi connectivity index (χ1n) is 5.34. The van der Waals surface area contributed by atoms with Crippen LogP contribution in [0.25, 0.3) is 11.1 Å². The molecule has 1 aromatic heterocycles. The van der Waals surface area contributed by atoms with E-state index in [1.165, 1.54) is 11.1 Å². The molecule has 0 N–H and O–H groups in total. The molecule has 0 aliphatic rings. The van der Waals surface area contributed by atoms with Gasteiger partial charge in [0.1, 0.15) is 0 Å². The van der Waals surface area contributed by atoms with Gasteiger partial charge in [-0.2, -0.15) is 5.10 Å². The molecule has 0 aliphatic heterocycles. The summed E-state index contributed by atoms with van der Waals surface area (Å²) in [7, 11) is 0. The lowest BCUT2D eigenvalue weighted by Gasteiger charge is -1.97. The summed E-state index contributed by atoms with van der Waals surface area (Å²) in [6.07, 6.45) is 8.02. The van der Waals surface area contributed by atoms with Gasteiger partial charge in [0.2, 0.25) is 0 Å². The normalized spacial score (nSPS) is 10.0. The number of benzene rings is 1. The van der Waals surface area contributed by atoms with Crippen LogP contribution in [0.4, 0.5) is 0 Å². The molecule has 0 atom stereocenters. The Morgan fingerprint density at radius 2 is 2.06 bits per heavy atom. The maximum absolute atomic E-state index is 5.24. The summed E-state index contributed by atoms with van der Waals surface area (Å²) in [6.45, 7) is 2.80. The lowest BCUT2D eigenvalue weighted by Crippen LogP contribution is -1.97. The van der Waals surface area contributed by atoms with Crippen molar-refractivity contribution in [1.29, 1.82) is 0 Å². The SMILES string of the molecule is C#CCCn1cc(-c2ccccc2)c(C)n1. The molecule has 0 fully saturated rings. The minimum absolute atomic E-state index is 0.718. The highest BCUT2D eigenvalue weighted by Crippen LogP contribution is 2.21. The van der Waals surface area contributed by atoms with Crippen LogP contribution < -0.4 is 0 Å². The second-order valence-electron chi connectivity index (χ2n) is 3.71. The van der Waals surface area contributed by atoms with Crippen LogP contribution in [-0.2, 0) is 6.54 Å². The molecule has 1 aromatic carbocycles. The van der Waals surface area contributed by atoms with Gasteiger partial charge in [-0.15, -0.1) is 12.3 Å². The number of hydrogen-bond donors (Lipinski definition) is 0. The molecule has 1 heterocycles. The van der Waals surface area contributed by atoms with Crippen molar-refractivity contribution in [3.63, 3.8) is 0 Å². The predicted octanol–water partition coefficient (Wildman–Crippen LogP) is 2.88. The third-order valence-corrected chi connectivity index (χ3v) is 2.52. The average molecular weight is 210 g/mol. The van der Waals surface area contributed by atoms with E-state index < -0.39 is 0 Å². The Morgan fingerprint density at radius 3 is 2.75 bits per heavy atom. The molecule has 0 saturated heterocycles. The minimum Gasteiger partial charge on any atom is -0.271 e. The van der Waals surface area contributed by atoms with Gasteiger partial charge in [-0.1, -0.05) is 30.3 Å². The number of nitrogens with zero attached hydrogens (tertiary/aromatic N) is 2.